The van der Waals surface area contributed by atoms with Crippen molar-refractivity contribution in [2.24, 2.45) is 0 Å². The number of hydrogen-bond acceptors (Lipinski definition) is 4. The average molecular weight is 365 g/mol. The Kier molecular flexibility index (Phi) is 3.82. The lowest BCUT2D eigenvalue weighted by molar-refractivity contribution is -0.148. The summed E-state index contributed by atoms with van der Waals surface area (Å²) in [6.07, 6.45) is 1.56. The molecule has 1 aliphatic heterocycles. The van der Waals surface area contributed by atoms with Gasteiger partial charge >= 0.3 is 5.97 Å². The maximum absolute atomic E-state index is 12.6. The normalized spacial score (nSPS) is 16.8. The first kappa shape index (κ1) is 15.6. The molecule has 6 heteroatoms. The van der Waals surface area contributed by atoms with Crippen LogP contribution in [-0.4, -0.2) is 12.8 Å². The van der Waals surface area contributed by atoms with Crippen LogP contribution in [0.1, 0.15) is 24.0 Å². The molecule has 0 radical (unpaired) electrons. The van der Waals surface area contributed by atoms with Gasteiger partial charge in [0.2, 0.25) is 6.79 Å². The van der Waals surface area contributed by atoms with E-state index in [1.807, 2.05) is 12.1 Å². The number of carbonyl (C=O) groups is 1. The molecule has 1 saturated carbocycles. The van der Waals surface area contributed by atoms with Gasteiger partial charge in [-0.25, -0.2) is 0 Å². The van der Waals surface area contributed by atoms with E-state index >= 15 is 0 Å². The maximum Gasteiger partial charge on any atom is 0.316 e. The minimum atomic E-state index is -0.548. The summed E-state index contributed by atoms with van der Waals surface area (Å²) in [6.45, 7) is 0.276. The lowest BCUT2D eigenvalue weighted by atomic mass is 9.96. The van der Waals surface area contributed by atoms with Crippen LogP contribution in [0.15, 0.2) is 36.4 Å². The molecule has 1 heterocycles. The second-order valence-corrected chi connectivity index (χ2v) is 6.81. The van der Waals surface area contributed by atoms with Crippen molar-refractivity contribution >= 4 is 29.2 Å². The fourth-order valence-electron chi connectivity index (χ4n) is 2.86. The molecule has 2 aromatic carbocycles. The monoisotopic (exact) mass is 364 g/mol. The van der Waals surface area contributed by atoms with E-state index in [2.05, 4.69) is 0 Å². The van der Waals surface area contributed by atoms with E-state index in [0.717, 1.165) is 18.4 Å². The smallest absolute Gasteiger partial charge is 0.316 e. The SMILES string of the molecule is O=C(OCc1cc2c(cc1Cl)OCO2)C1(c2ccc(Cl)cc2)CC1. The summed E-state index contributed by atoms with van der Waals surface area (Å²) in [5.41, 5.74) is 1.09. The van der Waals surface area contributed by atoms with Gasteiger partial charge < -0.3 is 14.2 Å². The molecule has 24 heavy (non-hydrogen) atoms. The molecule has 0 atom stereocenters. The Morgan fingerprint density at radius 1 is 1.08 bits per heavy atom. The fourth-order valence-corrected chi connectivity index (χ4v) is 3.19. The van der Waals surface area contributed by atoms with Gasteiger partial charge in [-0.2, -0.15) is 0 Å². The Hall–Kier alpha value is -1.91. The van der Waals surface area contributed by atoms with Gasteiger partial charge in [0.25, 0.3) is 0 Å². The number of fused-ring (bicyclic) bond motifs is 1. The first-order valence-electron chi connectivity index (χ1n) is 7.60. The number of hydrogen-bond donors (Lipinski definition) is 0. The van der Waals surface area contributed by atoms with Crippen molar-refractivity contribution in [2.45, 2.75) is 24.9 Å². The largest absolute Gasteiger partial charge is 0.460 e. The van der Waals surface area contributed by atoms with Gasteiger partial charge in [0, 0.05) is 16.7 Å². The standard InChI is InChI=1S/C18H14Cl2O4/c19-13-3-1-12(2-4-13)18(5-6-18)17(21)22-9-11-7-15-16(8-14(11)20)24-10-23-15/h1-4,7-8H,5-6,9-10H2. The summed E-state index contributed by atoms with van der Waals surface area (Å²) >= 11 is 12.1. The number of benzene rings is 2. The fraction of sp³-hybridized carbons (Fsp3) is 0.278. The Balaban J connectivity index is 1.48. The lowest BCUT2D eigenvalue weighted by Crippen LogP contribution is -2.23. The molecule has 0 aromatic heterocycles. The van der Waals surface area contributed by atoms with Crippen LogP contribution in [0, 0.1) is 0 Å². The van der Waals surface area contributed by atoms with Gasteiger partial charge in [0.05, 0.1) is 10.4 Å². The molecule has 0 N–H and O–H groups in total. The minimum Gasteiger partial charge on any atom is -0.460 e. The van der Waals surface area contributed by atoms with Crippen LogP contribution in [-0.2, 0) is 21.6 Å². The van der Waals surface area contributed by atoms with E-state index in [1.54, 1.807) is 24.3 Å². The molecular weight excluding hydrogens is 351 g/mol. The summed E-state index contributed by atoms with van der Waals surface area (Å²) < 4.78 is 16.1. The number of esters is 1. The summed E-state index contributed by atoms with van der Waals surface area (Å²) in [7, 11) is 0. The molecule has 0 saturated heterocycles. The third-order valence-electron chi connectivity index (χ3n) is 4.44. The summed E-state index contributed by atoms with van der Waals surface area (Å²) in [5, 5.41) is 1.14. The molecule has 1 aliphatic carbocycles. The van der Waals surface area contributed by atoms with Crippen molar-refractivity contribution in [1.82, 2.24) is 0 Å². The number of carbonyl (C=O) groups excluding carboxylic acids is 1. The molecule has 0 amide bonds. The zero-order valence-electron chi connectivity index (χ0n) is 12.7. The van der Waals surface area contributed by atoms with Crippen LogP contribution in [0.25, 0.3) is 0 Å². The van der Waals surface area contributed by atoms with E-state index in [-0.39, 0.29) is 19.4 Å². The van der Waals surface area contributed by atoms with Crippen molar-refractivity contribution in [3.8, 4) is 11.5 Å². The highest BCUT2D eigenvalue weighted by Crippen LogP contribution is 2.49. The molecule has 2 aliphatic rings. The van der Waals surface area contributed by atoms with Gasteiger partial charge in [0.1, 0.15) is 6.61 Å². The minimum absolute atomic E-state index is 0.101. The number of halogens is 2. The molecule has 124 valence electrons. The summed E-state index contributed by atoms with van der Waals surface area (Å²) in [5.74, 6) is 0.984. The molecule has 0 bridgehead atoms. The van der Waals surface area contributed by atoms with E-state index in [0.29, 0.717) is 27.1 Å². The summed E-state index contributed by atoms with van der Waals surface area (Å²) in [4.78, 5) is 12.6. The number of ether oxygens (including phenoxy) is 3. The van der Waals surface area contributed by atoms with Crippen LogP contribution >= 0.6 is 23.2 Å². The molecule has 0 spiro atoms. The zero-order chi connectivity index (χ0) is 16.7. The molecule has 1 fully saturated rings. The highest BCUT2D eigenvalue weighted by molar-refractivity contribution is 6.31. The van der Waals surface area contributed by atoms with Crippen molar-refractivity contribution in [2.75, 3.05) is 6.79 Å². The van der Waals surface area contributed by atoms with E-state index < -0.39 is 5.41 Å². The predicted molar refractivity (Wildman–Crippen MR) is 89.7 cm³/mol. The quantitative estimate of drug-likeness (QED) is 0.749. The zero-order valence-corrected chi connectivity index (χ0v) is 14.2. The van der Waals surface area contributed by atoms with E-state index in [4.69, 9.17) is 37.4 Å². The van der Waals surface area contributed by atoms with E-state index in [1.165, 1.54) is 0 Å². The lowest BCUT2D eigenvalue weighted by Gasteiger charge is -2.15. The first-order chi connectivity index (χ1) is 11.6. The van der Waals surface area contributed by atoms with Crippen LogP contribution in [0.2, 0.25) is 10.0 Å². The van der Waals surface area contributed by atoms with Gasteiger partial charge in [-0.1, -0.05) is 35.3 Å². The van der Waals surface area contributed by atoms with Gasteiger partial charge in [-0.15, -0.1) is 0 Å². The van der Waals surface area contributed by atoms with E-state index in [9.17, 15) is 4.79 Å². The maximum atomic E-state index is 12.6. The van der Waals surface area contributed by atoms with Gasteiger partial charge in [-0.3, -0.25) is 4.79 Å². The first-order valence-corrected chi connectivity index (χ1v) is 8.35. The van der Waals surface area contributed by atoms with Crippen LogP contribution in [0.4, 0.5) is 0 Å². The highest BCUT2D eigenvalue weighted by atomic mass is 35.5. The Morgan fingerprint density at radius 2 is 1.75 bits per heavy atom. The second-order valence-electron chi connectivity index (χ2n) is 5.96. The molecular formula is C18H14Cl2O4. The third kappa shape index (κ3) is 2.70. The van der Waals surface area contributed by atoms with Gasteiger partial charge in [0.15, 0.2) is 11.5 Å². The van der Waals surface area contributed by atoms with Crippen LogP contribution in [0.3, 0.4) is 0 Å². The topological polar surface area (TPSA) is 44.8 Å². The molecule has 4 nitrogen and oxygen atoms in total. The Labute approximate surface area is 149 Å². The Bertz CT molecular complexity index is 797. The highest BCUT2D eigenvalue weighted by Gasteiger charge is 2.52. The second kappa shape index (κ2) is 5.87. The van der Waals surface area contributed by atoms with Crippen LogP contribution in [0.5, 0.6) is 11.5 Å². The summed E-state index contributed by atoms with van der Waals surface area (Å²) in [6, 6.07) is 10.8. The average Bonchev–Trinajstić information content (AvgIpc) is 3.26. The van der Waals surface area contributed by atoms with Crippen molar-refractivity contribution < 1.29 is 19.0 Å². The van der Waals surface area contributed by atoms with Gasteiger partial charge in [-0.05, 0) is 36.6 Å². The number of rotatable bonds is 4. The van der Waals surface area contributed by atoms with Crippen LogP contribution < -0.4 is 9.47 Å². The Morgan fingerprint density at radius 3 is 2.42 bits per heavy atom. The van der Waals surface area contributed by atoms with Crippen molar-refractivity contribution in [3.63, 3.8) is 0 Å². The third-order valence-corrected chi connectivity index (χ3v) is 5.04. The molecule has 2 aromatic rings. The molecule has 4 rings (SSSR count). The van der Waals surface area contributed by atoms with Crippen molar-refractivity contribution in [1.29, 1.82) is 0 Å². The molecule has 0 unspecified atom stereocenters. The van der Waals surface area contributed by atoms with Crippen molar-refractivity contribution in [3.05, 3.63) is 57.6 Å². The predicted octanol–water partition coefficient (Wildman–Crippen LogP) is 4.50.